The van der Waals surface area contributed by atoms with Crippen LogP contribution in [0.3, 0.4) is 0 Å². The smallest absolute Gasteiger partial charge is 0.305 e. The van der Waals surface area contributed by atoms with Gasteiger partial charge >= 0.3 is 5.97 Å². The van der Waals surface area contributed by atoms with Gasteiger partial charge in [0.1, 0.15) is 0 Å². The summed E-state index contributed by atoms with van der Waals surface area (Å²) in [6.45, 7) is 0.383. The number of carbonyl (C=O) groups is 3. The van der Waals surface area contributed by atoms with Gasteiger partial charge in [-0.3, -0.25) is 14.4 Å². The van der Waals surface area contributed by atoms with Crippen LogP contribution in [0.4, 0.5) is 5.69 Å². The molecule has 6 heteroatoms. The summed E-state index contributed by atoms with van der Waals surface area (Å²) in [5.74, 6) is -1.13. The lowest BCUT2D eigenvalue weighted by atomic mass is 9.90. The Kier molecular flexibility index (Phi) is 4.92. The van der Waals surface area contributed by atoms with E-state index >= 15 is 0 Å². The number of nitrogens with one attached hydrogen (secondary N) is 2. The zero-order valence-corrected chi connectivity index (χ0v) is 11.8. The van der Waals surface area contributed by atoms with Crippen LogP contribution in [0.2, 0.25) is 0 Å². The number of anilines is 1. The predicted molar refractivity (Wildman–Crippen MR) is 76.7 cm³/mol. The third-order valence-electron chi connectivity index (χ3n) is 3.40. The summed E-state index contributed by atoms with van der Waals surface area (Å²) in [5.41, 5.74) is 1.51. The van der Waals surface area contributed by atoms with Gasteiger partial charge in [-0.2, -0.15) is 0 Å². The van der Waals surface area contributed by atoms with Crippen LogP contribution in [-0.2, 0) is 19.1 Å². The summed E-state index contributed by atoms with van der Waals surface area (Å²) in [6, 6.07) is 7.28. The minimum absolute atomic E-state index is 0.139. The van der Waals surface area contributed by atoms with Crippen LogP contribution in [0.1, 0.15) is 30.7 Å². The van der Waals surface area contributed by atoms with E-state index in [0.717, 1.165) is 5.56 Å². The molecule has 0 radical (unpaired) electrons. The van der Waals surface area contributed by atoms with E-state index in [-0.39, 0.29) is 30.6 Å². The molecule has 1 aromatic rings. The number of ether oxygens (including phenoxy) is 1. The van der Waals surface area contributed by atoms with E-state index in [1.165, 1.54) is 7.11 Å². The lowest BCUT2D eigenvalue weighted by Gasteiger charge is -2.24. The third kappa shape index (κ3) is 3.81. The highest BCUT2D eigenvalue weighted by atomic mass is 16.5. The molecule has 112 valence electrons. The summed E-state index contributed by atoms with van der Waals surface area (Å²) in [4.78, 5) is 34.8. The van der Waals surface area contributed by atoms with Crippen LogP contribution in [0.5, 0.6) is 0 Å². The molecule has 0 bridgehead atoms. The van der Waals surface area contributed by atoms with Crippen LogP contribution >= 0.6 is 0 Å². The van der Waals surface area contributed by atoms with E-state index in [1.54, 1.807) is 6.07 Å². The topological polar surface area (TPSA) is 84.5 Å². The Morgan fingerprint density at radius 2 is 2.14 bits per heavy atom. The van der Waals surface area contributed by atoms with Gasteiger partial charge in [0.15, 0.2) is 0 Å². The normalized spacial score (nSPS) is 16.6. The molecule has 1 aromatic carbocycles. The molecule has 0 spiro atoms. The average Bonchev–Trinajstić information content (AvgIpc) is 2.50. The van der Waals surface area contributed by atoms with Gasteiger partial charge in [-0.25, -0.2) is 0 Å². The van der Waals surface area contributed by atoms with Crippen molar-refractivity contribution in [1.29, 1.82) is 0 Å². The monoisotopic (exact) mass is 290 g/mol. The van der Waals surface area contributed by atoms with Gasteiger partial charge in [-0.15, -0.1) is 0 Å². The molecule has 0 fully saturated rings. The number of benzene rings is 1. The van der Waals surface area contributed by atoms with Crippen molar-refractivity contribution in [2.75, 3.05) is 19.0 Å². The summed E-state index contributed by atoms with van der Waals surface area (Å²) in [6.07, 6.45) is 0.914. The Labute approximate surface area is 122 Å². The van der Waals surface area contributed by atoms with Crippen LogP contribution in [0.25, 0.3) is 0 Å². The fraction of sp³-hybridized carbons (Fsp3) is 0.400. The van der Waals surface area contributed by atoms with Gasteiger partial charge in [-0.1, -0.05) is 18.2 Å². The molecular formula is C15H18N2O4. The molecular weight excluding hydrogens is 272 g/mol. The van der Waals surface area contributed by atoms with Crippen molar-refractivity contribution >= 4 is 23.5 Å². The maximum Gasteiger partial charge on any atom is 0.305 e. The Hall–Kier alpha value is -2.37. The van der Waals surface area contributed by atoms with Crippen molar-refractivity contribution < 1.29 is 19.1 Å². The molecule has 1 unspecified atom stereocenters. The zero-order valence-electron chi connectivity index (χ0n) is 11.8. The zero-order chi connectivity index (χ0) is 15.2. The molecule has 1 aliphatic rings. The van der Waals surface area contributed by atoms with E-state index in [0.29, 0.717) is 18.7 Å². The number of hydrogen-bond donors (Lipinski definition) is 2. The predicted octanol–water partition coefficient (Wildman–Crippen LogP) is 1.18. The fourth-order valence-electron chi connectivity index (χ4n) is 2.31. The number of methoxy groups -OCH3 is 1. The number of hydrogen-bond acceptors (Lipinski definition) is 4. The Bertz CT molecular complexity index is 556. The minimum Gasteiger partial charge on any atom is -0.469 e. The molecule has 0 aliphatic carbocycles. The average molecular weight is 290 g/mol. The lowest BCUT2D eigenvalue weighted by Crippen LogP contribution is -2.35. The second-order valence-electron chi connectivity index (χ2n) is 4.86. The molecule has 1 atom stereocenters. The molecule has 1 aliphatic heterocycles. The first-order valence-electron chi connectivity index (χ1n) is 6.85. The van der Waals surface area contributed by atoms with Gasteiger partial charge in [-0.05, 0) is 18.1 Å². The molecule has 6 nitrogen and oxygen atoms in total. The van der Waals surface area contributed by atoms with Gasteiger partial charge in [0, 0.05) is 25.1 Å². The van der Waals surface area contributed by atoms with Crippen molar-refractivity contribution in [3.05, 3.63) is 29.8 Å². The highest BCUT2D eigenvalue weighted by Gasteiger charge is 2.30. The summed E-state index contributed by atoms with van der Waals surface area (Å²) in [7, 11) is 1.33. The van der Waals surface area contributed by atoms with E-state index < -0.39 is 5.92 Å². The molecule has 2 amide bonds. The summed E-state index contributed by atoms with van der Waals surface area (Å²) in [5, 5.41) is 5.52. The van der Waals surface area contributed by atoms with E-state index in [9.17, 15) is 14.4 Å². The van der Waals surface area contributed by atoms with E-state index in [2.05, 4.69) is 15.4 Å². The van der Waals surface area contributed by atoms with Crippen LogP contribution in [0.15, 0.2) is 24.3 Å². The third-order valence-corrected chi connectivity index (χ3v) is 3.40. The molecule has 2 rings (SSSR count). The second-order valence-corrected chi connectivity index (χ2v) is 4.86. The molecule has 1 heterocycles. The Morgan fingerprint density at radius 3 is 2.90 bits per heavy atom. The Morgan fingerprint density at radius 1 is 1.38 bits per heavy atom. The first-order chi connectivity index (χ1) is 10.1. The van der Waals surface area contributed by atoms with Crippen molar-refractivity contribution in [2.45, 2.75) is 25.2 Å². The first kappa shape index (κ1) is 15.0. The van der Waals surface area contributed by atoms with E-state index in [1.807, 2.05) is 18.2 Å². The molecule has 2 N–H and O–H groups in total. The molecule has 0 saturated carbocycles. The second kappa shape index (κ2) is 6.88. The number of amides is 2. The fourth-order valence-corrected chi connectivity index (χ4v) is 2.31. The molecule has 0 saturated heterocycles. The van der Waals surface area contributed by atoms with Gasteiger partial charge < -0.3 is 15.4 Å². The van der Waals surface area contributed by atoms with E-state index in [4.69, 9.17) is 0 Å². The van der Waals surface area contributed by atoms with Crippen molar-refractivity contribution in [3.8, 4) is 0 Å². The summed E-state index contributed by atoms with van der Waals surface area (Å²) < 4.78 is 4.53. The lowest BCUT2D eigenvalue weighted by molar-refractivity contribution is -0.140. The van der Waals surface area contributed by atoms with Gasteiger partial charge in [0.2, 0.25) is 11.8 Å². The number of rotatable bonds is 5. The number of esters is 1. The van der Waals surface area contributed by atoms with Crippen molar-refractivity contribution in [1.82, 2.24) is 5.32 Å². The first-order valence-corrected chi connectivity index (χ1v) is 6.85. The number of fused-ring (bicyclic) bond motifs is 1. The van der Waals surface area contributed by atoms with Gasteiger partial charge in [0.05, 0.1) is 13.0 Å². The maximum absolute atomic E-state index is 12.2. The van der Waals surface area contributed by atoms with Crippen LogP contribution < -0.4 is 10.6 Å². The number of carbonyl (C=O) groups excluding carboxylic acids is 3. The van der Waals surface area contributed by atoms with Gasteiger partial charge in [0.25, 0.3) is 0 Å². The summed E-state index contributed by atoms with van der Waals surface area (Å²) >= 11 is 0. The quantitative estimate of drug-likeness (QED) is 0.630. The molecule has 0 aromatic heterocycles. The highest BCUT2D eigenvalue weighted by Crippen LogP contribution is 2.31. The Balaban J connectivity index is 1.93. The SMILES string of the molecule is COC(=O)CCCNC(=O)C1CC(=O)Nc2ccccc21. The maximum atomic E-state index is 12.2. The molecule has 21 heavy (non-hydrogen) atoms. The van der Waals surface area contributed by atoms with Crippen molar-refractivity contribution in [2.24, 2.45) is 0 Å². The van der Waals surface area contributed by atoms with Crippen LogP contribution in [0, 0.1) is 0 Å². The minimum atomic E-state index is -0.479. The highest BCUT2D eigenvalue weighted by molar-refractivity contribution is 6.01. The standard InChI is InChI=1S/C15H18N2O4/c1-21-14(19)7-4-8-16-15(20)11-9-13(18)17-12-6-3-2-5-10(11)12/h2-3,5-6,11H,4,7-9H2,1H3,(H,16,20)(H,17,18). The number of para-hydroxylation sites is 1. The van der Waals surface area contributed by atoms with Crippen LogP contribution in [-0.4, -0.2) is 31.4 Å². The largest absolute Gasteiger partial charge is 0.469 e. The van der Waals surface area contributed by atoms with Crippen molar-refractivity contribution in [3.63, 3.8) is 0 Å².